The van der Waals surface area contributed by atoms with Crippen LogP contribution >= 0.6 is 0 Å². The maximum atomic E-state index is 12.5. The minimum Gasteiger partial charge on any atom is -0.493 e. The highest BCUT2D eigenvalue weighted by atomic mass is 16.5. The van der Waals surface area contributed by atoms with Gasteiger partial charge in [0.2, 0.25) is 0 Å². The van der Waals surface area contributed by atoms with E-state index < -0.39 is 0 Å². The Balaban J connectivity index is 1.66. The third-order valence-electron chi connectivity index (χ3n) is 5.23. The first kappa shape index (κ1) is 14.4. The average molecular weight is 287 g/mol. The molecule has 0 heterocycles. The SMILES string of the molecule is CCOc1ccccc1C(=O)N[C@@H](C)[C@@H]1C[C@@H]2CC[C@@H]1C2. The van der Waals surface area contributed by atoms with Crippen molar-refractivity contribution < 1.29 is 9.53 Å². The van der Waals surface area contributed by atoms with E-state index in [0.29, 0.717) is 23.8 Å². The topological polar surface area (TPSA) is 38.3 Å². The number of fused-ring (bicyclic) bond motifs is 2. The number of rotatable bonds is 5. The second kappa shape index (κ2) is 6.08. The predicted molar refractivity (Wildman–Crippen MR) is 83.5 cm³/mol. The van der Waals surface area contributed by atoms with Gasteiger partial charge in [0, 0.05) is 6.04 Å². The highest BCUT2D eigenvalue weighted by molar-refractivity contribution is 5.97. The first-order chi connectivity index (χ1) is 10.2. The summed E-state index contributed by atoms with van der Waals surface area (Å²) >= 11 is 0. The Labute approximate surface area is 127 Å². The number of hydrogen-bond donors (Lipinski definition) is 1. The summed E-state index contributed by atoms with van der Waals surface area (Å²) in [5.41, 5.74) is 0.648. The molecule has 0 saturated heterocycles. The number of amides is 1. The minimum absolute atomic E-state index is 0.00526. The quantitative estimate of drug-likeness (QED) is 0.898. The zero-order chi connectivity index (χ0) is 14.8. The van der Waals surface area contributed by atoms with E-state index in [9.17, 15) is 4.79 Å². The second-order valence-electron chi connectivity index (χ2n) is 6.53. The smallest absolute Gasteiger partial charge is 0.255 e. The molecule has 2 aliphatic rings. The third kappa shape index (κ3) is 2.92. The van der Waals surface area contributed by atoms with Crippen molar-refractivity contribution in [2.45, 2.75) is 45.6 Å². The number of carbonyl (C=O) groups is 1. The van der Waals surface area contributed by atoms with Gasteiger partial charge in [-0.25, -0.2) is 0 Å². The maximum absolute atomic E-state index is 12.5. The molecular formula is C18H25NO2. The van der Waals surface area contributed by atoms with Crippen LogP contribution in [0.2, 0.25) is 0 Å². The van der Waals surface area contributed by atoms with E-state index in [1.165, 1.54) is 25.7 Å². The van der Waals surface area contributed by atoms with Gasteiger partial charge in [0.15, 0.2) is 0 Å². The van der Waals surface area contributed by atoms with E-state index in [2.05, 4.69) is 12.2 Å². The molecule has 1 aromatic carbocycles. The Hall–Kier alpha value is -1.51. The standard InChI is InChI=1S/C18H25NO2/c1-3-21-17-7-5-4-6-15(17)18(20)19-12(2)16-11-13-8-9-14(16)10-13/h4-7,12-14,16H,3,8-11H2,1-2H3,(H,19,20)/t12-,13+,14+,16-/m0/s1. The van der Waals surface area contributed by atoms with E-state index in [-0.39, 0.29) is 11.9 Å². The zero-order valence-electron chi connectivity index (χ0n) is 13.0. The van der Waals surface area contributed by atoms with Gasteiger partial charge in [-0.05, 0) is 63.0 Å². The molecular weight excluding hydrogens is 262 g/mol. The molecule has 2 bridgehead atoms. The van der Waals surface area contributed by atoms with Crippen molar-refractivity contribution in [3.05, 3.63) is 29.8 Å². The highest BCUT2D eigenvalue weighted by Gasteiger charge is 2.42. The summed E-state index contributed by atoms with van der Waals surface area (Å²) in [6, 6.07) is 7.75. The van der Waals surface area contributed by atoms with E-state index in [1.54, 1.807) is 0 Å². The Bertz CT molecular complexity index is 514. The Morgan fingerprint density at radius 3 is 2.81 bits per heavy atom. The van der Waals surface area contributed by atoms with E-state index >= 15 is 0 Å². The number of hydrogen-bond acceptors (Lipinski definition) is 2. The third-order valence-corrected chi connectivity index (χ3v) is 5.23. The molecule has 4 atom stereocenters. The van der Waals surface area contributed by atoms with Gasteiger partial charge in [0.05, 0.1) is 12.2 Å². The molecule has 3 rings (SSSR count). The number of nitrogens with one attached hydrogen (secondary N) is 1. The summed E-state index contributed by atoms with van der Waals surface area (Å²) in [4.78, 5) is 12.5. The van der Waals surface area contributed by atoms with Crippen LogP contribution in [0.3, 0.4) is 0 Å². The molecule has 1 aromatic rings. The molecule has 2 saturated carbocycles. The number of para-hydroxylation sites is 1. The van der Waals surface area contributed by atoms with Crippen LogP contribution in [0, 0.1) is 17.8 Å². The largest absolute Gasteiger partial charge is 0.493 e. The maximum Gasteiger partial charge on any atom is 0.255 e. The van der Waals surface area contributed by atoms with Crippen molar-refractivity contribution in [1.82, 2.24) is 5.32 Å². The Morgan fingerprint density at radius 1 is 1.33 bits per heavy atom. The fourth-order valence-corrected chi connectivity index (χ4v) is 4.23. The van der Waals surface area contributed by atoms with Crippen LogP contribution in [0.1, 0.15) is 49.9 Å². The summed E-state index contributed by atoms with van der Waals surface area (Å²) in [5, 5.41) is 3.20. The molecule has 2 fully saturated rings. The summed E-state index contributed by atoms with van der Waals surface area (Å²) in [5.74, 6) is 3.07. The van der Waals surface area contributed by atoms with Crippen molar-refractivity contribution in [3.63, 3.8) is 0 Å². The molecule has 3 nitrogen and oxygen atoms in total. The summed E-state index contributed by atoms with van der Waals surface area (Å²) < 4.78 is 5.55. The fraction of sp³-hybridized carbons (Fsp3) is 0.611. The van der Waals surface area contributed by atoms with Gasteiger partial charge in [-0.15, -0.1) is 0 Å². The lowest BCUT2D eigenvalue weighted by atomic mass is 9.84. The van der Waals surface area contributed by atoms with Crippen LogP contribution in [-0.2, 0) is 0 Å². The first-order valence-electron chi connectivity index (χ1n) is 8.21. The lowest BCUT2D eigenvalue weighted by Crippen LogP contribution is -2.40. The van der Waals surface area contributed by atoms with Gasteiger partial charge in [-0.2, -0.15) is 0 Å². The molecule has 3 heteroatoms. The molecule has 21 heavy (non-hydrogen) atoms. The Morgan fingerprint density at radius 2 is 2.14 bits per heavy atom. The van der Waals surface area contributed by atoms with Gasteiger partial charge < -0.3 is 10.1 Å². The van der Waals surface area contributed by atoms with Gasteiger partial charge in [0.25, 0.3) is 5.91 Å². The molecule has 0 aromatic heterocycles. The normalized spacial score (nSPS) is 28.4. The van der Waals surface area contributed by atoms with Crippen molar-refractivity contribution in [3.8, 4) is 5.75 Å². The lowest BCUT2D eigenvalue weighted by Gasteiger charge is -2.28. The van der Waals surface area contributed by atoms with Gasteiger partial charge in [0.1, 0.15) is 5.75 Å². The Kier molecular flexibility index (Phi) is 4.18. The number of carbonyl (C=O) groups excluding carboxylic acids is 1. The zero-order valence-corrected chi connectivity index (χ0v) is 13.0. The molecule has 114 valence electrons. The molecule has 0 radical (unpaired) electrons. The van der Waals surface area contributed by atoms with E-state index in [0.717, 1.165) is 11.8 Å². The van der Waals surface area contributed by atoms with Crippen LogP contribution < -0.4 is 10.1 Å². The minimum atomic E-state index is -0.00526. The number of ether oxygens (including phenoxy) is 1. The number of benzene rings is 1. The van der Waals surface area contributed by atoms with Gasteiger partial charge >= 0.3 is 0 Å². The van der Waals surface area contributed by atoms with Gasteiger partial charge in [-0.1, -0.05) is 18.6 Å². The molecule has 1 amide bonds. The van der Waals surface area contributed by atoms with Crippen LogP contribution in [0.4, 0.5) is 0 Å². The molecule has 0 unspecified atom stereocenters. The van der Waals surface area contributed by atoms with Crippen molar-refractivity contribution in [2.75, 3.05) is 6.61 Å². The van der Waals surface area contributed by atoms with Gasteiger partial charge in [-0.3, -0.25) is 4.79 Å². The van der Waals surface area contributed by atoms with Crippen molar-refractivity contribution in [1.29, 1.82) is 0 Å². The molecule has 0 aliphatic heterocycles. The molecule has 1 N–H and O–H groups in total. The predicted octanol–water partition coefficient (Wildman–Crippen LogP) is 3.64. The fourth-order valence-electron chi connectivity index (χ4n) is 4.23. The van der Waals surface area contributed by atoms with Crippen molar-refractivity contribution in [2.24, 2.45) is 17.8 Å². The van der Waals surface area contributed by atoms with Crippen LogP contribution in [0.25, 0.3) is 0 Å². The summed E-state index contributed by atoms with van der Waals surface area (Å²) in [6.45, 7) is 4.67. The monoisotopic (exact) mass is 287 g/mol. The van der Waals surface area contributed by atoms with E-state index in [1.807, 2.05) is 31.2 Å². The first-order valence-corrected chi connectivity index (χ1v) is 8.21. The van der Waals surface area contributed by atoms with Crippen LogP contribution in [-0.4, -0.2) is 18.6 Å². The van der Waals surface area contributed by atoms with E-state index in [4.69, 9.17) is 4.74 Å². The molecule has 0 spiro atoms. The lowest BCUT2D eigenvalue weighted by molar-refractivity contribution is 0.0911. The molecule has 2 aliphatic carbocycles. The second-order valence-corrected chi connectivity index (χ2v) is 6.53. The summed E-state index contributed by atoms with van der Waals surface area (Å²) in [7, 11) is 0. The highest BCUT2D eigenvalue weighted by Crippen LogP contribution is 2.49. The average Bonchev–Trinajstić information content (AvgIpc) is 3.10. The van der Waals surface area contributed by atoms with Crippen molar-refractivity contribution >= 4 is 5.91 Å². The van der Waals surface area contributed by atoms with Crippen LogP contribution in [0.15, 0.2) is 24.3 Å². The van der Waals surface area contributed by atoms with Crippen LogP contribution in [0.5, 0.6) is 5.75 Å². The summed E-state index contributed by atoms with van der Waals surface area (Å²) in [6.07, 6.45) is 5.42.